The molecule has 1 aromatic carbocycles. The molecule has 0 aliphatic rings. The summed E-state index contributed by atoms with van der Waals surface area (Å²) in [6.45, 7) is 4.42. The van der Waals surface area contributed by atoms with Crippen molar-refractivity contribution in [2.24, 2.45) is 5.92 Å². The predicted molar refractivity (Wildman–Crippen MR) is 65.2 cm³/mol. The maximum Gasteiger partial charge on any atom is 0.137 e. The van der Waals surface area contributed by atoms with Gasteiger partial charge in [-0.3, -0.25) is 0 Å². The lowest BCUT2D eigenvalue weighted by molar-refractivity contribution is -0.0295. The molecule has 0 saturated carbocycles. The van der Waals surface area contributed by atoms with Gasteiger partial charge in [-0.15, -0.1) is 0 Å². The summed E-state index contributed by atoms with van der Waals surface area (Å²) in [4.78, 5) is 3.90. The largest absolute Gasteiger partial charge is 0.383 e. The molecule has 17 heavy (non-hydrogen) atoms. The third-order valence-electron chi connectivity index (χ3n) is 3.10. The molecule has 0 amide bonds. The number of aromatic nitrogens is 3. The molecule has 1 aromatic heterocycles. The third-order valence-corrected chi connectivity index (χ3v) is 3.10. The molecule has 1 N–H and O–H groups in total. The van der Waals surface area contributed by atoms with E-state index in [-0.39, 0.29) is 5.92 Å². The van der Waals surface area contributed by atoms with Crippen molar-refractivity contribution in [3.8, 4) is 0 Å². The Labute approximate surface area is 101 Å². The van der Waals surface area contributed by atoms with Crippen molar-refractivity contribution in [3.05, 3.63) is 48.5 Å². The van der Waals surface area contributed by atoms with Crippen LogP contribution in [0, 0.1) is 5.92 Å². The molecule has 0 fully saturated rings. The zero-order chi connectivity index (χ0) is 12.3. The van der Waals surface area contributed by atoms with Gasteiger partial charge in [-0.1, -0.05) is 44.2 Å². The minimum Gasteiger partial charge on any atom is -0.383 e. The van der Waals surface area contributed by atoms with Gasteiger partial charge in [0, 0.05) is 0 Å². The third kappa shape index (κ3) is 2.36. The van der Waals surface area contributed by atoms with Gasteiger partial charge in [-0.2, -0.15) is 5.10 Å². The SMILES string of the molecule is CC(C)C(O)(Cn1cncn1)c1ccccc1. The van der Waals surface area contributed by atoms with Crippen molar-refractivity contribution >= 4 is 0 Å². The Hall–Kier alpha value is -1.68. The lowest BCUT2D eigenvalue weighted by Crippen LogP contribution is -2.37. The lowest BCUT2D eigenvalue weighted by atomic mass is 9.83. The first-order valence-corrected chi connectivity index (χ1v) is 5.73. The Kier molecular flexibility index (Phi) is 3.24. The van der Waals surface area contributed by atoms with E-state index >= 15 is 0 Å². The molecule has 0 saturated heterocycles. The van der Waals surface area contributed by atoms with Gasteiger partial charge >= 0.3 is 0 Å². The highest BCUT2D eigenvalue weighted by Crippen LogP contribution is 2.30. The second kappa shape index (κ2) is 4.67. The molecule has 0 spiro atoms. The smallest absolute Gasteiger partial charge is 0.137 e. The van der Waals surface area contributed by atoms with Crippen LogP contribution in [-0.2, 0) is 12.1 Å². The molecular formula is C13H17N3O. The van der Waals surface area contributed by atoms with Crippen LogP contribution >= 0.6 is 0 Å². The summed E-state index contributed by atoms with van der Waals surface area (Å²) in [6.07, 6.45) is 3.10. The number of nitrogens with zero attached hydrogens (tertiary/aromatic N) is 3. The minimum absolute atomic E-state index is 0.0918. The fraction of sp³-hybridized carbons (Fsp3) is 0.385. The summed E-state index contributed by atoms with van der Waals surface area (Å²) < 4.78 is 1.66. The number of rotatable bonds is 4. The Balaban J connectivity index is 2.33. The normalized spacial score (nSPS) is 14.8. The van der Waals surface area contributed by atoms with E-state index in [0.29, 0.717) is 6.54 Å². The highest BCUT2D eigenvalue weighted by Gasteiger charge is 2.33. The van der Waals surface area contributed by atoms with Crippen LogP contribution in [0.1, 0.15) is 19.4 Å². The first-order chi connectivity index (χ1) is 8.13. The van der Waals surface area contributed by atoms with Crippen LogP contribution in [0.5, 0.6) is 0 Å². The number of benzene rings is 1. The number of hydrogen-bond acceptors (Lipinski definition) is 3. The molecule has 1 unspecified atom stereocenters. The monoisotopic (exact) mass is 231 g/mol. The summed E-state index contributed by atoms with van der Waals surface area (Å²) in [6, 6.07) is 9.70. The molecule has 0 radical (unpaired) electrons. The highest BCUT2D eigenvalue weighted by molar-refractivity contribution is 5.22. The van der Waals surface area contributed by atoms with E-state index in [0.717, 1.165) is 5.56 Å². The molecule has 0 bridgehead atoms. The first kappa shape index (κ1) is 11.8. The molecular weight excluding hydrogens is 214 g/mol. The first-order valence-electron chi connectivity index (χ1n) is 5.73. The van der Waals surface area contributed by atoms with Crippen LogP contribution in [-0.4, -0.2) is 19.9 Å². The lowest BCUT2D eigenvalue weighted by Gasteiger charge is -2.32. The molecule has 1 heterocycles. The molecule has 1 atom stereocenters. The maximum absolute atomic E-state index is 10.8. The van der Waals surface area contributed by atoms with Gasteiger partial charge in [-0.25, -0.2) is 9.67 Å². The Morgan fingerprint density at radius 1 is 1.29 bits per heavy atom. The summed E-state index contributed by atoms with van der Waals surface area (Å²) >= 11 is 0. The Bertz CT molecular complexity index is 453. The second-order valence-electron chi connectivity index (χ2n) is 4.54. The van der Waals surface area contributed by atoms with Gasteiger partial charge in [0.25, 0.3) is 0 Å². The summed E-state index contributed by atoms with van der Waals surface area (Å²) in [5, 5.41) is 14.9. The van der Waals surface area contributed by atoms with E-state index in [9.17, 15) is 5.11 Å². The van der Waals surface area contributed by atoms with Gasteiger partial charge in [0.2, 0.25) is 0 Å². The zero-order valence-electron chi connectivity index (χ0n) is 10.1. The van der Waals surface area contributed by atoms with Crippen LogP contribution in [0.2, 0.25) is 0 Å². The van der Waals surface area contributed by atoms with Gasteiger partial charge in [0.15, 0.2) is 0 Å². The summed E-state index contributed by atoms with van der Waals surface area (Å²) in [7, 11) is 0. The molecule has 0 aliphatic carbocycles. The van der Waals surface area contributed by atoms with Gasteiger partial charge in [0.1, 0.15) is 18.3 Å². The van der Waals surface area contributed by atoms with Crippen LogP contribution < -0.4 is 0 Å². The fourth-order valence-corrected chi connectivity index (χ4v) is 1.90. The van der Waals surface area contributed by atoms with Crippen molar-refractivity contribution in [1.29, 1.82) is 0 Å². The van der Waals surface area contributed by atoms with E-state index in [2.05, 4.69) is 10.1 Å². The molecule has 0 aliphatic heterocycles. The second-order valence-corrected chi connectivity index (χ2v) is 4.54. The van der Waals surface area contributed by atoms with Gasteiger partial charge in [0.05, 0.1) is 6.54 Å². The average molecular weight is 231 g/mol. The van der Waals surface area contributed by atoms with Gasteiger partial charge in [-0.05, 0) is 11.5 Å². The van der Waals surface area contributed by atoms with Crippen molar-refractivity contribution in [1.82, 2.24) is 14.8 Å². The summed E-state index contributed by atoms with van der Waals surface area (Å²) in [5.41, 5.74) is -0.0138. The fourth-order valence-electron chi connectivity index (χ4n) is 1.90. The van der Waals surface area contributed by atoms with Crippen molar-refractivity contribution in [2.75, 3.05) is 0 Å². The van der Waals surface area contributed by atoms with E-state index in [1.807, 2.05) is 44.2 Å². The highest BCUT2D eigenvalue weighted by atomic mass is 16.3. The zero-order valence-corrected chi connectivity index (χ0v) is 10.1. The number of aliphatic hydroxyl groups is 1. The molecule has 4 nitrogen and oxygen atoms in total. The predicted octanol–water partition coefficient (Wildman–Crippen LogP) is 1.82. The number of hydrogen-bond donors (Lipinski definition) is 1. The van der Waals surface area contributed by atoms with Gasteiger partial charge < -0.3 is 5.11 Å². The Morgan fingerprint density at radius 2 is 2.00 bits per heavy atom. The van der Waals surface area contributed by atoms with Crippen LogP contribution in [0.4, 0.5) is 0 Å². The van der Waals surface area contributed by atoms with Crippen molar-refractivity contribution in [3.63, 3.8) is 0 Å². The summed E-state index contributed by atoms with van der Waals surface area (Å²) in [5.74, 6) is 0.0918. The standard InChI is InChI=1S/C13H17N3O/c1-11(2)13(17,8-16-10-14-9-15-16)12-6-4-3-5-7-12/h3-7,9-11,17H,8H2,1-2H3. The molecule has 2 aromatic rings. The van der Waals surface area contributed by atoms with E-state index in [1.165, 1.54) is 6.33 Å². The minimum atomic E-state index is -0.922. The van der Waals surface area contributed by atoms with Crippen LogP contribution in [0.25, 0.3) is 0 Å². The van der Waals surface area contributed by atoms with E-state index < -0.39 is 5.60 Å². The average Bonchev–Trinajstić information content (AvgIpc) is 2.82. The van der Waals surface area contributed by atoms with Crippen molar-refractivity contribution in [2.45, 2.75) is 26.0 Å². The molecule has 90 valence electrons. The Morgan fingerprint density at radius 3 is 2.53 bits per heavy atom. The quantitative estimate of drug-likeness (QED) is 0.873. The topological polar surface area (TPSA) is 50.9 Å². The van der Waals surface area contributed by atoms with E-state index in [1.54, 1.807) is 11.0 Å². The van der Waals surface area contributed by atoms with Crippen LogP contribution in [0.15, 0.2) is 43.0 Å². The van der Waals surface area contributed by atoms with Crippen LogP contribution in [0.3, 0.4) is 0 Å². The molecule has 2 rings (SSSR count). The molecule has 4 heteroatoms. The maximum atomic E-state index is 10.8. The van der Waals surface area contributed by atoms with Crippen molar-refractivity contribution < 1.29 is 5.11 Å². The van der Waals surface area contributed by atoms with E-state index in [4.69, 9.17) is 0 Å².